The van der Waals surface area contributed by atoms with Crippen molar-refractivity contribution in [2.75, 3.05) is 25.7 Å². The SMILES string of the molecule is COc1ccc(S(=O)(=O)N[C@H]2CC(=O)N(c3ccccc3)C2)cc1OC. The Morgan fingerprint density at radius 1 is 1.04 bits per heavy atom. The van der Waals surface area contributed by atoms with Crippen molar-refractivity contribution in [2.45, 2.75) is 17.4 Å². The highest BCUT2D eigenvalue weighted by Crippen LogP contribution is 2.30. The monoisotopic (exact) mass is 376 g/mol. The lowest BCUT2D eigenvalue weighted by atomic mass is 10.3. The zero-order chi connectivity index (χ0) is 18.7. The first-order chi connectivity index (χ1) is 12.4. The maximum Gasteiger partial charge on any atom is 0.241 e. The number of para-hydroxylation sites is 1. The molecular formula is C18H20N2O5S. The Morgan fingerprint density at radius 3 is 2.38 bits per heavy atom. The molecule has 0 saturated carbocycles. The van der Waals surface area contributed by atoms with Crippen LogP contribution >= 0.6 is 0 Å². The molecule has 0 unspecified atom stereocenters. The number of hydrogen-bond donors (Lipinski definition) is 1. The molecule has 1 aliphatic rings. The van der Waals surface area contributed by atoms with Gasteiger partial charge < -0.3 is 14.4 Å². The van der Waals surface area contributed by atoms with Crippen molar-refractivity contribution in [3.63, 3.8) is 0 Å². The molecule has 1 saturated heterocycles. The summed E-state index contributed by atoms with van der Waals surface area (Å²) in [4.78, 5) is 13.9. The van der Waals surface area contributed by atoms with Crippen molar-refractivity contribution in [1.29, 1.82) is 0 Å². The van der Waals surface area contributed by atoms with Crippen molar-refractivity contribution in [3.05, 3.63) is 48.5 Å². The third-order valence-corrected chi connectivity index (χ3v) is 5.70. The lowest BCUT2D eigenvalue weighted by molar-refractivity contribution is -0.117. The fraction of sp³-hybridized carbons (Fsp3) is 0.278. The van der Waals surface area contributed by atoms with Gasteiger partial charge in [-0.3, -0.25) is 4.79 Å². The summed E-state index contributed by atoms with van der Waals surface area (Å²) in [5.74, 6) is 0.651. The first-order valence-electron chi connectivity index (χ1n) is 8.04. The molecule has 0 aliphatic carbocycles. The van der Waals surface area contributed by atoms with Crippen molar-refractivity contribution in [2.24, 2.45) is 0 Å². The molecule has 3 rings (SSSR count). The lowest BCUT2D eigenvalue weighted by Gasteiger charge is -2.17. The number of rotatable bonds is 6. The van der Waals surface area contributed by atoms with Crippen LogP contribution in [0.3, 0.4) is 0 Å². The van der Waals surface area contributed by atoms with Crippen molar-refractivity contribution in [1.82, 2.24) is 4.72 Å². The van der Waals surface area contributed by atoms with Crippen molar-refractivity contribution in [3.8, 4) is 11.5 Å². The first-order valence-corrected chi connectivity index (χ1v) is 9.52. The average molecular weight is 376 g/mol. The van der Waals surface area contributed by atoms with Crippen LogP contribution in [-0.4, -0.2) is 41.1 Å². The molecule has 7 nitrogen and oxygen atoms in total. The van der Waals surface area contributed by atoms with E-state index in [2.05, 4.69) is 4.72 Å². The van der Waals surface area contributed by atoms with Gasteiger partial charge >= 0.3 is 0 Å². The number of hydrogen-bond acceptors (Lipinski definition) is 5. The molecule has 8 heteroatoms. The number of methoxy groups -OCH3 is 2. The highest BCUT2D eigenvalue weighted by molar-refractivity contribution is 7.89. The minimum atomic E-state index is -3.79. The van der Waals surface area contributed by atoms with Gasteiger partial charge in [0, 0.05) is 30.8 Å². The molecule has 1 N–H and O–H groups in total. The molecule has 1 amide bonds. The maximum atomic E-state index is 12.7. The maximum absolute atomic E-state index is 12.7. The average Bonchev–Trinajstić information content (AvgIpc) is 3.01. The Kier molecular flexibility index (Phi) is 5.15. The van der Waals surface area contributed by atoms with Gasteiger partial charge in [-0.1, -0.05) is 18.2 Å². The summed E-state index contributed by atoms with van der Waals surface area (Å²) in [6, 6.07) is 13.0. The Labute approximate surface area is 152 Å². The summed E-state index contributed by atoms with van der Waals surface area (Å²) in [6.07, 6.45) is 0.113. The van der Waals surface area contributed by atoms with Gasteiger partial charge in [0.2, 0.25) is 15.9 Å². The number of amides is 1. The van der Waals surface area contributed by atoms with E-state index in [-0.39, 0.29) is 23.8 Å². The quantitative estimate of drug-likeness (QED) is 0.831. The Balaban J connectivity index is 1.77. The van der Waals surface area contributed by atoms with E-state index in [1.54, 1.807) is 4.90 Å². The van der Waals surface area contributed by atoms with E-state index in [0.717, 1.165) is 5.69 Å². The predicted molar refractivity (Wildman–Crippen MR) is 97.1 cm³/mol. The second-order valence-electron chi connectivity index (χ2n) is 5.88. The van der Waals surface area contributed by atoms with Gasteiger partial charge in [0.1, 0.15) is 0 Å². The number of carbonyl (C=O) groups is 1. The number of ether oxygens (including phenoxy) is 2. The van der Waals surface area contributed by atoms with E-state index in [9.17, 15) is 13.2 Å². The summed E-state index contributed by atoms with van der Waals surface area (Å²) >= 11 is 0. The molecule has 0 aromatic heterocycles. The molecule has 1 aliphatic heterocycles. The van der Waals surface area contributed by atoms with Gasteiger partial charge in [0.05, 0.1) is 19.1 Å². The van der Waals surface area contributed by atoms with Gasteiger partial charge in [0.15, 0.2) is 11.5 Å². The van der Waals surface area contributed by atoms with Crippen LogP contribution in [0, 0.1) is 0 Å². The molecule has 138 valence electrons. The van der Waals surface area contributed by atoms with E-state index in [1.165, 1.54) is 32.4 Å². The van der Waals surface area contributed by atoms with Crippen LogP contribution in [0.2, 0.25) is 0 Å². The number of sulfonamides is 1. The number of anilines is 1. The topological polar surface area (TPSA) is 84.9 Å². The largest absolute Gasteiger partial charge is 0.493 e. The van der Waals surface area contributed by atoms with Gasteiger partial charge in [0.25, 0.3) is 0 Å². The normalized spacial score (nSPS) is 17.4. The molecule has 1 fully saturated rings. The van der Waals surface area contributed by atoms with E-state index in [0.29, 0.717) is 11.5 Å². The third-order valence-electron chi connectivity index (χ3n) is 4.18. The number of carbonyl (C=O) groups excluding carboxylic acids is 1. The molecular weight excluding hydrogens is 356 g/mol. The fourth-order valence-corrected chi connectivity index (χ4v) is 4.16. The van der Waals surface area contributed by atoms with Crippen molar-refractivity contribution < 1.29 is 22.7 Å². The number of nitrogens with one attached hydrogen (secondary N) is 1. The summed E-state index contributed by atoms with van der Waals surface area (Å²) < 4.78 is 38.2. The summed E-state index contributed by atoms with van der Waals surface area (Å²) in [7, 11) is -0.876. The van der Waals surface area contributed by atoms with E-state index >= 15 is 0 Å². The molecule has 0 bridgehead atoms. The van der Waals surface area contributed by atoms with Gasteiger partial charge in [-0.05, 0) is 24.3 Å². The molecule has 2 aromatic rings. The molecule has 0 radical (unpaired) electrons. The standard InChI is InChI=1S/C18H20N2O5S/c1-24-16-9-8-15(11-17(16)25-2)26(22,23)19-13-10-18(21)20(12-13)14-6-4-3-5-7-14/h3-9,11,13,19H,10,12H2,1-2H3/t13-/m0/s1. The molecule has 0 spiro atoms. The Morgan fingerprint density at radius 2 is 1.73 bits per heavy atom. The van der Waals surface area contributed by atoms with Crippen LogP contribution in [0.15, 0.2) is 53.4 Å². The van der Waals surface area contributed by atoms with E-state index < -0.39 is 16.1 Å². The Bertz CT molecular complexity index is 899. The fourth-order valence-electron chi connectivity index (χ4n) is 2.92. The molecule has 26 heavy (non-hydrogen) atoms. The second kappa shape index (κ2) is 7.35. The number of benzene rings is 2. The first kappa shape index (κ1) is 18.2. The highest BCUT2D eigenvalue weighted by Gasteiger charge is 2.33. The van der Waals surface area contributed by atoms with Crippen molar-refractivity contribution >= 4 is 21.6 Å². The summed E-state index contributed by atoms with van der Waals surface area (Å²) in [5.41, 5.74) is 0.755. The lowest BCUT2D eigenvalue weighted by Crippen LogP contribution is -2.37. The van der Waals surface area contributed by atoms with Crippen LogP contribution in [0.25, 0.3) is 0 Å². The predicted octanol–water partition coefficient (Wildman–Crippen LogP) is 1.79. The third kappa shape index (κ3) is 3.66. The summed E-state index contributed by atoms with van der Waals surface area (Å²) in [5, 5.41) is 0. The van der Waals surface area contributed by atoms with E-state index in [4.69, 9.17) is 9.47 Å². The summed E-state index contributed by atoms with van der Waals surface area (Å²) in [6.45, 7) is 0.287. The molecule has 1 atom stereocenters. The smallest absolute Gasteiger partial charge is 0.241 e. The molecule has 1 heterocycles. The Hall–Kier alpha value is -2.58. The minimum Gasteiger partial charge on any atom is -0.493 e. The number of nitrogens with zero attached hydrogens (tertiary/aromatic N) is 1. The van der Waals surface area contributed by atoms with Gasteiger partial charge in [-0.15, -0.1) is 0 Å². The van der Waals surface area contributed by atoms with Crippen LogP contribution < -0.4 is 19.1 Å². The highest BCUT2D eigenvalue weighted by atomic mass is 32.2. The van der Waals surface area contributed by atoms with Gasteiger partial charge in [-0.25, -0.2) is 13.1 Å². The minimum absolute atomic E-state index is 0.0563. The molecule has 2 aromatic carbocycles. The van der Waals surface area contributed by atoms with Gasteiger partial charge in [-0.2, -0.15) is 0 Å². The van der Waals surface area contributed by atoms with E-state index in [1.807, 2.05) is 30.3 Å². The zero-order valence-electron chi connectivity index (χ0n) is 14.5. The van der Waals surface area contributed by atoms with Crippen LogP contribution in [0.1, 0.15) is 6.42 Å². The second-order valence-corrected chi connectivity index (χ2v) is 7.59. The van der Waals surface area contributed by atoms with Crippen LogP contribution in [0.5, 0.6) is 11.5 Å². The van der Waals surface area contributed by atoms with Crippen LogP contribution in [0.4, 0.5) is 5.69 Å². The van der Waals surface area contributed by atoms with Crippen LogP contribution in [-0.2, 0) is 14.8 Å². The zero-order valence-corrected chi connectivity index (χ0v) is 15.3.